The molecule has 1 saturated heterocycles. The minimum absolute atomic E-state index is 0.517. The van der Waals surface area contributed by atoms with E-state index in [4.69, 9.17) is 4.74 Å². The fraction of sp³-hybridized carbons (Fsp3) is 0.667. The molecule has 0 saturated carbocycles. The molecule has 1 aromatic heterocycles. The molecule has 1 aliphatic rings. The van der Waals surface area contributed by atoms with E-state index in [1.54, 1.807) is 0 Å². The van der Waals surface area contributed by atoms with Crippen molar-refractivity contribution in [1.29, 1.82) is 0 Å². The number of hydrogen-bond acceptors (Lipinski definition) is 4. The second kappa shape index (κ2) is 5.25. The molecule has 1 unspecified atom stereocenters. The van der Waals surface area contributed by atoms with Crippen molar-refractivity contribution in [2.24, 2.45) is 5.92 Å². The maximum atomic E-state index is 5.64. The van der Waals surface area contributed by atoms with Gasteiger partial charge in [0.2, 0.25) is 0 Å². The summed E-state index contributed by atoms with van der Waals surface area (Å²) >= 11 is 0. The Hall–Kier alpha value is -1.16. The normalized spacial score (nSPS) is 20.8. The van der Waals surface area contributed by atoms with E-state index in [-0.39, 0.29) is 0 Å². The minimum atomic E-state index is 0.517. The van der Waals surface area contributed by atoms with Crippen LogP contribution in [0.2, 0.25) is 0 Å². The van der Waals surface area contributed by atoms with Gasteiger partial charge < -0.3 is 10.1 Å². The van der Waals surface area contributed by atoms with Crippen LogP contribution < -0.4 is 10.1 Å². The van der Waals surface area contributed by atoms with Crippen LogP contribution in [0.3, 0.4) is 0 Å². The van der Waals surface area contributed by atoms with E-state index >= 15 is 0 Å². The van der Waals surface area contributed by atoms with E-state index in [1.807, 2.05) is 19.9 Å². The van der Waals surface area contributed by atoms with Crippen molar-refractivity contribution in [2.75, 3.05) is 19.7 Å². The van der Waals surface area contributed by atoms with Gasteiger partial charge in [-0.25, -0.2) is 9.97 Å². The Morgan fingerprint density at radius 1 is 1.38 bits per heavy atom. The smallest absolute Gasteiger partial charge is 0.316 e. The molecule has 1 atom stereocenters. The first-order valence-corrected chi connectivity index (χ1v) is 5.90. The second-order valence-electron chi connectivity index (χ2n) is 4.46. The van der Waals surface area contributed by atoms with Crippen LogP contribution in [0.5, 0.6) is 6.01 Å². The Balaban J connectivity index is 1.88. The molecule has 2 rings (SSSR count). The monoisotopic (exact) mass is 221 g/mol. The molecule has 0 amide bonds. The molecule has 1 N–H and O–H groups in total. The Kier molecular flexibility index (Phi) is 3.72. The van der Waals surface area contributed by atoms with Gasteiger partial charge in [-0.3, -0.25) is 0 Å². The van der Waals surface area contributed by atoms with Gasteiger partial charge in [-0.05, 0) is 39.3 Å². The molecular formula is C12H19N3O. The van der Waals surface area contributed by atoms with Gasteiger partial charge in [0.1, 0.15) is 0 Å². The zero-order valence-corrected chi connectivity index (χ0v) is 9.99. The van der Waals surface area contributed by atoms with Gasteiger partial charge in [-0.1, -0.05) is 0 Å². The van der Waals surface area contributed by atoms with Crippen LogP contribution in [0.4, 0.5) is 0 Å². The summed E-state index contributed by atoms with van der Waals surface area (Å²) in [4.78, 5) is 8.53. The van der Waals surface area contributed by atoms with Crippen LogP contribution in [-0.4, -0.2) is 29.7 Å². The Morgan fingerprint density at radius 3 is 2.75 bits per heavy atom. The Labute approximate surface area is 96.4 Å². The zero-order chi connectivity index (χ0) is 11.4. The Morgan fingerprint density at radius 2 is 2.12 bits per heavy atom. The molecule has 1 aliphatic heterocycles. The summed E-state index contributed by atoms with van der Waals surface area (Å²) in [5.41, 5.74) is 1.92. The van der Waals surface area contributed by atoms with E-state index in [2.05, 4.69) is 15.3 Å². The third kappa shape index (κ3) is 3.17. The minimum Gasteiger partial charge on any atom is -0.463 e. The van der Waals surface area contributed by atoms with E-state index in [0.717, 1.165) is 31.1 Å². The summed E-state index contributed by atoms with van der Waals surface area (Å²) in [6.45, 7) is 6.82. The van der Waals surface area contributed by atoms with Crippen molar-refractivity contribution in [3.8, 4) is 6.01 Å². The summed E-state index contributed by atoms with van der Waals surface area (Å²) in [5, 5.41) is 3.37. The zero-order valence-electron chi connectivity index (χ0n) is 9.99. The van der Waals surface area contributed by atoms with Crippen molar-refractivity contribution >= 4 is 0 Å². The fourth-order valence-corrected chi connectivity index (χ4v) is 2.02. The number of piperidine rings is 1. The average molecular weight is 221 g/mol. The van der Waals surface area contributed by atoms with Gasteiger partial charge in [0.05, 0.1) is 6.61 Å². The summed E-state index contributed by atoms with van der Waals surface area (Å²) in [6.07, 6.45) is 2.47. The molecule has 4 nitrogen and oxygen atoms in total. The van der Waals surface area contributed by atoms with E-state index in [1.165, 1.54) is 12.8 Å². The molecule has 1 fully saturated rings. The molecule has 0 aliphatic carbocycles. The molecule has 4 heteroatoms. The van der Waals surface area contributed by atoms with Gasteiger partial charge in [-0.2, -0.15) is 0 Å². The first-order valence-electron chi connectivity index (χ1n) is 5.90. The maximum Gasteiger partial charge on any atom is 0.316 e. The van der Waals surface area contributed by atoms with Crippen molar-refractivity contribution < 1.29 is 4.74 Å². The number of aryl methyl sites for hydroxylation is 2. The summed E-state index contributed by atoms with van der Waals surface area (Å²) in [7, 11) is 0. The highest BCUT2D eigenvalue weighted by molar-refractivity contribution is 5.10. The van der Waals surface area contributed by atoms with E-state index in [0.29, 0.717) is 11.9 Å². The lowest BCUT2D eigenvalue weighted by Crippen LogP contribution is -2.33. The van der Waals surface area contributed by atoms with Gasteiger partial charge >= 0.3 is 6.01 Å². The van der Waals surface area contributed by atoms with Gasteiger partial charge in [0, 0.05) is 23.9 Å². The maximum absolute atomic E-state index is 5.64. The predicted molar refractivity (Wildman–Crippen MR) is 62.6 cm³/mol. The lowest BCUT2D eigenvalue weighted by Gasteiger charge is -2.22. The quantitative estimate of drug-likeness (QED) is 0.839. The molecule has 0 bridgehead atoms. The highest BCUT2D eigenvalue weighted by Crippen LogP contribution is 2.12. The van der Waals surface area contributed by atoms with Crippen molar-refractivity contribution in [3.05, 3.63) is 17.5 Å². The standard InChI is InChI=1S/C12H19N3O/c1-9-6-10(2)15-12(14-9)16-8-11-4-3-5-13-7-11/h6,11,13H,3-5,7-8H2,1-2H3. The lowest BCUT2D eigenvalue weighted by atomic mass is 10.0. The number of nitrogens with zero attached hydrogens (tertiary/aromatic N) is 2. The largest absolute Gasteiger partial charge is 0.463 e. The van der Waals surface area contributed by atoms with Crippen LogP contribution in [0.1, 0.15) is 24.2 Å². The van der Waals surface area contributed by atoms with E-state index < -0.39 is 0 Å². The van der Waals surface area contributed by atoms with Gasteiger partial charge in [0.15, 0.2) is 0 Å². The van der Waals surface area contributed by atoms with Crippen LogP contribution in [0, 0.1) is 19.8 Å². The highest BCUT2D eigenvalue weighted by atomic mass is 16.5. The number of nitrogens with one attached hydrogen (secondary N) is 1. The first kappa shape index (κ1) is 11.3. The second-order valence-corrected chi connectivity index (χ2v) is 4.46. The van der Waals surface area contributed by atoms with Gasteiger partial charge in [-0.15, -0.1) is 0 Å². The molecule has 88 valence electrons. The topological polar surface area (TPSA) is 47.0 Å². The lowest BCUT2D eigenvalue weighted by molar-refractivity contribution is 0.204. The third-order valence-corrected chi connectivity index (χ3v) is 2.81. The van der Waals surface area contributed by atoms with Crippen molar-refractivity contribution in [2.45, 2.75) is 26.7 Å². The predicted octanol–water partition coefficient (Wildman–Crippen LogP) is 1.47. The molecular weight excluding hydrogens is 202 g/mol. The SMILES string of the molecule is Cc1cc(C)nc(OCC2CCCNC2)n1. The molecule has 0 spiro atoms. The average Bonchev–Trinajstić information content (AvgIpc) is 2.27. The van der Waals surface area contributed by atoms with Crippen LogP contribution >= 0.6 is 0 Å². The molecule has 2 heterocycles. The van der Waals surface area contributed by atoms with Crippen LogP contribution in [-0.2, 0) is 0 Å². The van der Waals surface area contributed by atoms with E-state index in [9.17, 15) is 0 Å². The van der Waals surface area contributed by atoms with Gasteiger partial charge in [0.25, 0.3) is 0 Å². The summed E-state index contributed by atoms with van der Waals surface area (Å²) in [5.74, 6) is 0.596. The third-order valence-electron chi connectivity index (χ3n) is 2.81. The van der Waals surface area contributed by atoms with Crippen LogP contribution in [0.25, 0.3) is 0 Å². The highest BCUT2D eigenvalue weighted by Gasteiger charge is 2.14. The summed E-state index contributed by atoms with van der Waals surface area (Å²) < 4.78 is 5.64. The number of rotatable bonds is 3. The molecule has 1 aromatic rings. The van der Waals surface area contributed by atoms with Crippen molar-refractivity contribution in [1.82, 2.24) is 15.3 Å². The first-order chi connectivity index (χ1) is 7.74. The molecule has 0 aromatic carbocycles. The molecule has 0 radical (unpaired) electrons. The number of hydrogen-bond donors (Lipinski definition) is 1. The number of aromatic nitrogens is 2. The molecule has 16 heavy (non-hydrogen) atoms. The Bertz CT molecular complexity index is 328. The van der Waals surface area contributed by atoms with Crippen LogP contribution in [0.15, 0.2) is 6.07 Å². The van der Waals surface area contributed by atoms with Crippen molar-refractivity contribution in [3.63, 3.8) is 0 Å². The number of ether oxygens (including phenoxy) is 1. The fourth-order valence-electron chi connectivity index (χ4n) is 2.02. The summed E-state index contributed by atoms with van der Waals surface area (Å²) in [6, 6.07) is 2.47.